The van der Waals surface area contributed by atoms with Crippen LogP contribution in [0.25, 0.3) is 0 Å². The number of benzene rings is 1. The number of nitrogens with one attached hydrogen (secondary N) is 1. The Morgan fingerprint density at radius 2 is 2.14 bits per heavy atom. The third-order valence-corrected chi connectivity index (χ3v) is 8.56. The second-order valence-corrected chi connectivity index (χ2v) is 12.6. The molecule has 0 radical (unpaired) electrons. The third-order valence-electron chi connectivity index (χ3n) is 6.35. The summed E-state index contributed by atoms with van der Waals surface area (Å²) in [6, 6.07) is 7.60. The van der Waals surface area contributed by atoms with Crippen LogP contribution in [-0.2, 0) is 19.4 Å². The largest absolute Gasteiger partial charge is 0.492 e. The van der Waals surface area contributed by atoms with E-state index in [4.69, 9.17) is 14.1 Å². The van der Waals surface area contributed by atoms with Crippen LogP contribution in [0.15, 0.2) is 48.9 Å². The van der Waals surface area contributed by atoms with Gasteiger partial charge in [0.2, 0.25) is 0 Å². The van der Waals surface area contributed by atoms with Crippen LogP contribution in [0.3, 0.4) is 0 Å². The van der Waals surface area contributed by atoms with Gasteiger partial charge in [0.05, 0.1) is 29.5 Å². The van der Waals surface area contributed by atoms with Crippen molar-refractivity contribution in [1.29, 1.82) is 0 Å². The highest BCUT2D eigenvalue weighted by atomic mass is 79.9. The molecule has 8 heteroatoms. The monoisotopic (exact) mass is 620 g/mol. The summed E-state index contributed by atoms with van der Waals surface area (Å²) in [4.78, 5) is 19.5. The van der Waals surface area contributed by atoms with Gasteiger partial charge in [0.25, 0.3) is 5.91 Å². The van der Waals surface area contributed by atoms with Crippen LogP contribution in [-0.4, -0.2) is 18.7 Å². The number of rotatable bonds is 7. The fourth-order valence-electron chi connectivity index (χ4n) is 4.41. The Bertz CT molecular complexity index is 1230. The molecule has 0 aliphatic heterocycles. The molecule has 4 rings (SSSR count). The quantitative estimate of drug-likeness (QED) is 0.271. The number of hydrogen-bond donors (Lipinski definition) is 1. The van der Waals surface area contributed by atoms with E-state index in [2.05, 4.69) is 57.9 Å². The van der Waals surface area contributed by atoms with Crippen LogP contribution < -0.4 is 10.1 Å². The number of furan rings is 1. The number of halogens is 2. The predicted octanol–water partition coefficient (Wildman–Crippen LogP) is 8.10. The summed E-state index contributed by atoms with van der Waals surface area (Å²) in [7, 11) is 0. The molecule has 1 N–H and O–H groups in total. The number of ether oxygens (including phenoxy) is 1. The van der Waals surface area contributed by atoms with Gasteiger partial charge in [0.1, 0.15) is 16.5 Å². The molecule has 0 spiro atoms. The Labute approximate surface area is 227 Å². The Morgan fingerprint density at radius 3 is 2.83 bits per heavy atom. The minimum absolute atomic E-state index is 0.110. The molecule has 0 unspecified atom stereocenters. The predicted molar refractivity (Wildman–Crippen MR) is 149 cm³/mol. The van der Waals surface area contributed by atoms with Gasteiger partial charge >= 0.3 is 0 Å². The average Bonchev–Trinajstić information content (AvgIpc) is 3.44. The molecule has 1 aromatic carbocycles. The molecule has 5 nitrogen and oxygen atoms in total. The lowest BCUT2D eigenvalue weighted by atomic mass is 9.72. The number of aliphatic imine (C=N–C) groups is 1. The smallest absolute Gasteiger partial charge is 0.255 e. The standard InChI is InChI=1S/C27H30Br2N2O3S/c1-5-33-24-16(11-18(28)13-21(24)29)14-31-26-23(25(32)30-15-19-7-6-10-34-19)20-9-8-17(27(2,3)4)12-22(20)35-26/h6-7,10-11,13-14,17H,5,8-9,12,15H2,1-4H3,(H,30,32)/t17-/m0/s1. The maximum atomic E-state index is 13.4. The van der Waals surface area contributed by atoms with E-state index >= 15 is 0 Å². The minimum Gasteiger partial charge on any atom is -0.492 e. The summed E-state index contributed by atoms with van der Waals surface area (Å²) in [5, 5.41) is 3.76. The summed E-state index contributed by atoms with van der Waals surface area (Å²) >= 11 is 8.78. The van der Waals surface area contributed by atoms with Crippen molar-refractivity contribution in [3.05, 3.63) is 66.8 Å². The van der Waals surface area contributed by atoms with Crippen molar-refractivity contribution in [3.8, 4) is 5.75 Å². The summed E-state index contributed by atoms with van der Waals surface area (Å²) in [5.41, 5.74) is 2.89. The molecule has 3 aromatic rings. The van der Waals surface area contributed by atoms with Crippen LogP contribution >= 0.6 is 43.2 Å². The van der Waals surface area contributed by atoms with Gasteiger partial charge in [0, 0.05) is 21.1 Å². The lowest BCUT2D eigenvalue weighted by Gasteiger charge is -2.33. The van der Waals surface area contributed by atoms with Gasteiger partial charge in [-0.25, -0.2) is 4.99 Å². The SMILES string of the molecule is CCOc1c(Br)cc(Br)cc1C=Nc1sc2c(c1C(=O)NCc1ccco1)CC[C@H](C(C)(C)C)C2. The van der Waals surface area contributed by atoms with E-state index in [0.717, 1.165) is 55.8 Å². The number of carbonyl (C=O) groups excluding carboxylic acids is 1. The number of fused-ring (bicyclic) bond motifs is 1. The minimum atomic E-state index is -0.110. The first-order valence-corrected chi connectivity index (χ1v) is 14.2. The van der Waals surface area contributed by atoms with Crippen molar-refractivity contribution < 1.29 is 13.9 Å². The third kappa shape index (κ3) is 6.09. The van der Waals surface area contributed by atoms with Gasteiger partial charge in [-0.3, -0.25) is 4.79 Å². The zero-order valence-corrected chi connectivity index (χ0v) is 24.4. The van der Waals surface area contributed by atoms with Crippen LogP contribution in [0.2, 0.25) is 0 Å². The van der Waals surface area contributed by atoms with Gasteiger partial charge in [-0.15, -0.1) is 11.3 Å². The first kappa shape index (κ1) is 26.2. The molecule has 1 atom stereocenters. The van der Waals surface area contributed by atoms with Gasteiger partial charge in [-0.05, 0) is 83.3 Å². The van der Waals surface area contributed by atoms with Gasteiger partial charge in [-0.2, -0.15) is 0 Å². The molecule has 35 heavy (non-hydrogen) atoms. The molecular formula is C27H30Br2N2O3S. The summed E-state index contributed by atoms with van der Waals surface area (Å²) in [6.07, 6.45) is 6.34. The Kier molecular flexibility index (Phi) is 8.23. The molecule has 186 valence electrons. The Hall–Kier alpha value is -1.90. The average molecular weight is 622 g/mol. The van der Waals surface area contributed by atoms with E-state index in [1.54, 1.807) is 23.8 Å². The molecule has 0 saturated heterocycles. The van der Waals surface area contributed by atoms with Crippen LogP contribution in [0.4, 0.5) is 5.00 Å². The number of hydrogen-bond acceptors (Lipinski definition) is 5. The Balaban J connectivity index is 1.71. The number of carbonyl (C=O) groups is 1. The Morgan fingerprint density at radius 1 is 1.34 bits per heavy atom. The molecule has 0 bridgehead atoms. The zero-order chi connectivity index (χ0) is 25.2. The van der Waals surface area contributed by atoms with Gasteiger partial charge in [0.15, 0.2) is 0 Å². The fourth-order valence-corrected chi connectivity index (χ4v) is 7.05. The maximum Gasteiger partial charge on any atom is 0.255 e. The molecule has 2 aromatic heterocycles. The lowest BCUT2D eigenvalue weighted by molar-refractivity contribution is 0.0947. The lowest BCUT2D eigenvalue weighted by Crippen LogP contribution is -2.28. The van der Waals surface area contributed by atoms with Crippen molar-refractivity contribution in [2.24, 2.45) is 16.3 Å². The normalized spacial score (nSPS) is 15.9. The zero-order valence-electron chi connectivity index (χ0n) is 20.4. The van der Waals surface area contributed by atoms with Crippen molar-refractivity contribution in [2.75, 3.05) is 6.61 Å². The first-order valence-electron chi connectivity index (χ1n) is 11.8. The molecule has 1 aliphatic rings. The summed E-state index contributed by atoms with van der Waals surface area (Å²) < 4.78 is 13.0. The van der Waals surface area contributed by atoms with Crippen molar-refractivity contribution in [1.82, 2.24) is 5.32 Å². The highest BCUT2D eigenvalue weighted by molar-refractivity contribution is 9.11. The topological polar surface area (TPSA) is 63.8 Å². The second-order valence-electron chi connectivity index (χ2n) is 9.75. The van der Waals surface area contributed by atoms with Gasteiger partial charge in [-0.1, -0.05) is 36.7 Å². The van der Waals surface area contributed by atoms with Crippen molar-refractivity contribution in [2.45, 2.75) is 53.5 Å². The molecule has 0 fully saturated rings. The second kappa shape index (κ2) is 11.0. The summed E-state index contributed by atoms with van der Waals surface area (Å²) in [6.45, 7) is 9.74. The van der Waals surface area contributed by atoms with E-state index in [0.29, 0.717) is 24.6 Å². The van der Waals surface area contributed by atoms with E-state index in [1.807, 2.05) is 31.2 Å². The van der Waals surface area contributed by atoms with Crippen LogP contribution in [0.5, 0.6) is 5.75 Å². The van der Waals surface area contributed by atoms with Crippen molar-refractivity contribution in [3.63, 3.8) is 0 Å². The number of amides is 1. The molecule has 1 aliphatic carbocycles. The molecular weight excluding hydrogens is 592 g/mol. The van der Waals surface area contributed by atoms with Crippen LogP contribution in [0.1, 0.15) is 66.2 Å². The van der Waals surface area contributed by atoms with E-state index < -0.39 is 0 Å². The number of thiophene rings is 1. The maximum absolute atomic E-state index is 13.4. The van der Waals surface area contributed by atoms with Crippen molar-refractivity contribution >= 4 is 60.3 Å². The number of nitrogens with zero attached hydrogens (tertiary/aromatic N) is 1. The van der Waals surface area contributed by atoms with E-state index in [1.165, 1.54) is 4.88 Å². The van der Waals surface area contributed by atoms with Gasteiger partial charge < -0.3 is 14.5 Å². The fraction of sp³-hybridized carbons (Fsp3) is 0.407. The first-order chi connectivity index (χ1) is 16.7. The van der Waals surface area contributed by atoms with Crippen LogP contribution in [0, 0.1) is 11.3 Å². The molecule has 2 heterocycles. The van der Waals surface area contributed by atoms with E-state index in [-0.39, 0.29) is 11.3 Å². The highest BCUT2D eigenvalue weighted by Gasteiger charge is 2.33. The van der Waals surface area contributed by atoms with E-state index in [9.17, 15) is 4.79 Å². The summed E-state index contributed by atoms with van der Waals surface area (Å²) in [5.74, 6) is 1.92. The molecule has 1 amide bonds. The molecule has 0 saturated carbocycles. The highest BCUT2D eigenvalue weighted by Crippen LogP contribution is 2.45.